The lowest BCUT2D eigenvalue weighted by Crippen LogP contribution is -2.37. The standard InChI is InChI=1S/C17H21N9O/c1-24(2)14-3-5-20-17-13(8-21-26(14)17)22-15-11(18)7-12(19)16(23-15)25-6-4-10(27)9-25/h3,5,7-8,10,18,27H,4,6,9,19H2,1-2H3. The Morgan fingerprint density at radius 3 is 2.93 bits per heavy atom. The Morgan fingerprint density at radius 1 is 1.41 bits per heavy atom. The highest BCUT2D eigenvalue weighted by atomic mass is 16.3. The highest BCUT2D eigenvalue weighted by molar-refractivity contribution is 6.49. The van der Waals surface area contributed by atoms with Gasteiger partial charge >= 0.3 is 0 Å². The molecule has 10 heteroatoms. The Balaban J connectivity index is 1.75. The van der Waals surface area contributed by atoms with E-state index in [9.17, 15) is 5.11 Å². The number of aliphatic hydroxyl groups excluding tert-OH is 1. The molecule has 2 aromatic rings. The van der Waals surface area contributed by atoms with Crippen molar-refractivity contribution in [2.75, 3.05) is 32.1 Å². The minimum Gasteiger partial charge on any atom is -0.396 e. The molecule has 0 bridgehead atoms. The molecule has 0 aliphatic carbocycles. The summed E-state index contributed by atoms with van der Waals surface area (Å²) < 4.78 is 1.69. The first kappa shape index (κ1) is 17.2. The van der Waals surface area contributed by atoms with Crippen LogP contribution in [0.2, 0.25) is 0 Å². The fraction of sp³-hybridized carbons (Fsp3) is 0.353. The van der Waals surface area contributed by atoms with Crippen LogP contribution in [0.4, 0.5) is 11.5 Å². The third kappa shape index (κ3) is 3.04. The molecule has 27 heavy (non-hydrogen) atoms. The molecule has 2 aromatic heterocycles. The van der Waals surface area contributed by atoms with Gasteiger partial charge in [-0.05, 0) is 18.6 Å². The first-order valence-electron chi connectivity index (χ1n) is 8.61. The van der Waals surface area contributed by atoms with Crippen LogP contribution >= 0.6 is 0 Å². The van der Waals surface area contributed by atoms with E-state index in [0.29, 0.717) is 42.4 Å². The van der Waals surface area contributed by atoms with E-state index in [1.165, 1.54) is 6.08 Å². The third-order valence-corrected chi connectivity index (χ3v) is 4.52. The van der Waals surface area contributed by atoms with E-state index >= 15 is 0 Å². The minimum atomic E-state index is -0.393. The molecule has 0 spiro atoms. The number of anilines is 1. The van der Waals surface area contributed by atoms with Crippen molar-refractivity contribution < 1.29 is 5.11 Å². The number of nitrogens with zero attached hydrogens (tertiary/aromatic N) is 7. The van der Waals surface area contributed by atoms with Gasteiger partial charge in [0.2, 0.25) is 0 Å². The topological polar surface area (TPSA) is 131 Å². The molecule has 1 fully saturated rings. The summed E-state index contributed by atoms with van der Waals surface area (Å²) in [6, 6.07) is 1.86. The Labute approximate surface area is 155 Å². The van der Waals surface area contributed by atoms with Crippen molar-refractivity contribution in [3.63, 3.8) is 0 Å². The maximum Gasteiger partial charge on any atom is 0.183 e. The Bertz CT molecular complexity index is 1000. The average Bonchev–Trinajstić information content (AvgIpc) is 3.23. The van der Waals surface area contributed by atoms with Crippen molar-refractivity contribution in [1.82, 2.24) is 19.5 Å². The second-order valence-electron chi connectivity index (χ2n) is 6.74. The SMILES string of the molecule is CN(C)c1ccnc2c(N=C3N=C(N4CCC(O)C4)C(N)=CC3=N)cnn12. The van der Waals surface area contributed by atoms with Gasteiger partial charge in [-0.2, -0.15) is 9.61 Å². The molecular formula is C17H21N9O. The quantitative estimate of drug-likeness (QED) is 0.693. The number of nitrogens with one attached hydrogen (secondary N) is 1. The van der Waals surface area contributed by atoms with E-state index in [2.05, 4.69) is 20.1 Å². The third-order valence-electron chi connectivity index (χ3n) is 4.52. The predicted molar refractivity (Wildman–Crippen MR) is 104 cm³/mol. The van der Waals surface area contributed by atoms with E-state index in [1.54, 1.807) is 16.9 Å². The fourth-order valence-corrected chi connectivity index (χ4v) is 3.18. The van der Waals surface area contributed by atoms with Crippen molar-refractivity contribution in [3.8, 4) is 0 Å². The summed E-state index contributed by atoms with van der Waals surface area (Å²) in [5, 5.41) is 22.3. The van der Waals surface area contributed by atoms with E-state index in [0.717, 1.165) is 5.82 Å². The molecule has 0 radical (unpaired) electrons. The van der Waals surface area contributed by atoms with Gasteiger partial charge in [0.05, 0.1) is 18.0 Å². The maximum atomic E-state index is 9.78. The molecule has 0 amide bonds. The summed E-state index contributed by atoms with van der Waals surface area (Å²) in [6.07, 6.45) is 5.11. The molecule has 2 aliphatic heterocycles. The molecule has 1 atom stereocenters. The lowest BCUT2D eigenvalue weighted by Gasteiger charge is -2.23. The molecule has 0 aromatic carbocycles. The van der Waals surface area contributed by atoms with Gasteiger partial charge in [0, 0.05) is 33.4 Å². The first-order valence-corrected chi connectivity index (χ1v) is 8.61. The molecule has 10 nitrogen and oxygen atoms in total. The number of amidine groups is 2. The summed E-state index contributed by atoms with van der Waals surface area (Å²) in [7, 11) is 3.85. The lowest BCUT2D eigenvalue weighted by atomic mass is 10.2. The van der Waals surface area contributed by atoms with E-state index in [1.807, 2.05) is 30.0 Å². The number of hydrogen-bond donors (Lipinski definition) is 3. The number of hydrogen-bond acceptors (Lipinski definition) is 8. The van der Waals surface area contributed by atoms with Gasteiger partial charge in [0.1, 0.15) is 17.2 Å². The monoisotopic (exact) mass is 367 g/mol. The number of dihydropyridines is 1. The van der Waals surface area contributed by atoms with Gasteiger partial charge in [0.15, 0.2) is 17.3 Å². The summed E-state index contributed by atoms with van der Waals surface area (Å²) in [4.78, 5) is 17.2. The Kier molecular flexibility index (Phi) is 4.11. The number of aliphatic imine (C=N–C) groups is 2. The fourth-order valence-electron chi connectivity index (χ4n) is 3.18. The normalized spacial score (nSPS) is 21.7. The molecular weight excluding hydrogens is 346 g/mol. The lowest BCUT2D eigenvalue weighted by molar-refractivity contribution is 0.188. The van der Waals surface area contributed by atoms with Crippen LogP contribution in [0.25, 0.3) is 5.65 Å². The molecule has 140 valence electrons. The van der Waals surface area contributed by atoms with E-state index in [4.69, 9.17) is 11.1 Å². The number of nitrogens with two attached hydrogens (primary N) is 1. The number of β-amino-alcohol motifs (C(OH)–C–C–N with tert-alkyl or cyclic N) is 1. The summed E-state index contributed by atoms with van der Waals surface area (Å²) >= 11 is 0. The van der Waals surface area contributed by atoms with Crippen LogP contribution < -0.4 is 10.6 Å². The van der Waals surface area contributed by atoms with Gasteiger partial charge in [-0.15, -0.1) is 0 Å². The summed E-state index contributed by atoms with van der Waals surface area (Å²) in [6.45, 7) is 1.14. The Morgan fingerprint density at radius 2 is 2.22 bits per heavy atom. The van der Waals surface area contributed by atoms with Gasteiger partial charge in [-0.25, -0.2) is 15.0 Å². The van der Waals surface area contributed by atoms with Gasteiger partial charge in [0.25, 0.3) is 0 Å². The van der Waals surface area contributed by atoms with Gasteiger partial charge in [-0.3, -0.25) is 5.41 Å². The van der Waals surface area contributed by atoms with Crippen LogP contribution in [0.15, 0.2) is 40.2 Å². The van der Waals surface area contributed by atoms with Crippen LogP contribution in [0.3, 0.4) is 0 Å². The largest absolute Gasteiger partial charge is 0.396 e. The predicted octanol–water partition coefficient (Wildman–Crippen LogP) is 0.166. The van der Waals surface area contributed by atoms with E-state index < -0.39 is 6.10 Å². The molecule has 0 saturated carbocycles. The number of rotatable bonds is 2. The first-order chi connectivity index (χ1) is 12.9. The second-order valence-corrected chi connectivity index (χ2v) is 6.74. The zero-order valence-electron chi connectivity index (χ0n) is 15.2. The molecule has 4 heterocycles. The van der Waals surface area contributed by atoms with Crippen LogP contribution in [-0.4, -0.2) is 75.3 Å². The van der Waals surface area contributed by atoms with Crippen molar-refractivity contribution in [3.05, 3.63) is 30.2 Å². The van der Waals surface area contributed by atoms with Crippen LogP contribution in [0.1, 0.15) is 6.42 Å². The number of aliphatic hydroxyl groups is 1. The zero-order valence-corrected chi connectivity index (χ0v) is 15.2. The second kappa shape index (κ2) is 6.47. The smallest absolute Gasteiger partial charge is 0.183 e. The minimum absolute atomic E-state index is 0.124. The molecule has 1 saturated heterocycles. The number of fused-ring (bicyclic) bond motifs is 1. The highest BCUT2D eigenvalue weighted by Gasteiger charge is 2.27. The maximum absolute atomic E-state index is 9.78. The molecule has 4 N–H and O–H groups in total. The molecule has 1 unspecified atom stereocenters. The van der Waals surface area contributed by atoms with Crippen molar-refractivity contribution in [1.29, 1.82) is 5.41 Å². The van der Waals surface area contributed by atoms with Crippen molar-refractivity contribution in [2.24, 2.45) is 15.7 Å². The van der Waals surface area contributed by atoms with Crippen LogP contribution in [0.5, 0.6) is 0 Å². The van der Waals surface area contributed by atoms with Gasteiger partial charge in [-0.1, -0.05) is 0 Å². The van der Waals surface area contributed by atoms with Gasteiger partial charge < -0.3 is 20.6 Å². The summed E-state index contributed by atoms with van der Waals surface area (Å²) in [5.74, 6) is 1.65. The van der Waals surface area contributed by atoms with Crippen LogP contribution in [-0.2, 0) is 0 Å². The highest BCUT2D eigenvalue weighted by Crippen LogP contribution is 2.23. The van der Waals surface area contributed by atoms with Crippen molar-refractivity contribution >= 4 is 34.5 Å². The molecule has 2 aliphatic rings. The summed E-state index contributed by atoms with van der Waals surface area (Å²) in [5.41, 5.74) is 7.68. The van der Waals surface area contributed by atoms with Crippen molar-refractivity contribution in [2.45, 2.75) is 12.5 Å². The van der Waals surface area contributed by atoms with E-state index in [-0.39, 0.29) is 11.5 Å². The number of likely N-dealkylation sites (tertiary alicyclic amines) is 1. The van der Waals surface area contributed by atoms with Crippen LogP contribution in [0, 0.1) is 5.41 Å². The average molecular weight is 367 g/mol. The number of aromatic nitrogens is 3. The zero-order chi connectivity index (χ0) is 19.1. The Hall–Kier alpha value is -3.27. The molecule has 4 rings (SSSR count).